The van der Waals surface area contributed by atoms with Crippen LogP contribution in [0.25, 0.3) is 0 Å². The Balaban J connectivity index is 1.87. The van der Waals surface area contributed by atoms with Gasteiger partial charge in [-0.15, -0.1) is 0 Å². The van der Waals surface area contributed by atoms with Crippen LogP contribution in [0.15, 0.2) is 48.5 Å². The Kier molecular flexibility index (Phi) is 7.75. The molecule has 160 valence electrons. The minimum atomic E-state index is -0.340. The first-order chi connectivity index (χ1) is 14.5. The third kappa shape index (κ3) is 5.14. The molecule has 1 saturated heterocycles. The zero-order chi connectivity index (χ0) is 21.5. The fraction of sp³-hybridized carbons (Fsp3) is 0.417. The molecule has 0 aromatic heterocycles. The molecule has 0 radical (unpaired) electrons. The molecule has 0 bridgehead atoms. The predicted molar refractivity (Wildman–Crippen MR) is 118 cm³/mol. The number of unbranched alkanes of at least 4 members (excludes halogenated alkanes) is 1. The summed E-state index contributed by atoms with van der Waals surface area (Å²) in [6, 6.07) is 14.8. The number of carbonyl (C=O) groups excluding carboxylic acids is 2. The smallest absolute Gasteiger partial charge is 0.225 e. The van der Waals surface area contributed by atoms with Crippen molar-refractivity contribution < 1.29 is 14.3 Å². The number of likely N-dealkylation sites (tertiary alicyclic amines) is 1. The van der Waals surface area contributed by atoms with Crippen molar-refractivity contribution in [3.63, 3.8) is 0 Å². The molecule has 5 nitrogen and oxygen atoms in total. The summed E-state index contributed by atoms with van der Waals surface area (Å²) in [6.45, 7) is 3.13. The van der Waals surface area contributed by atoms with Crippen molar-refractivity contribution in [1.29, 1.82) is 0 Å². The number of ether oxygens (including phenoxy) is 1. The second-order valence-electron chi connectivity index (χ2n) is 7.62. The molecule has 1 aliphatic rings. The van der Waals surface area contributed by atoms with Crippen molar-refractivity contribution in [2.45, 2.75) is 45.2 Å². The second kappa shape index (κ2) is 10.5. The number of nitrogens with zero attached hydrogens (tertiary/aromatic N) is 1. The van der Waals surface area contributed by atoms with Gasteiger partial charge in [0, 0.05) is 30.1 Å². The molecule has 1 aliphatic heterocycles. The summed E-state index contributed by atoms with van der Waals surface area (Å²) < 4.78 is 5.57. The predicted octanol–water partition coefficient (Wildman–Crippen LogP) is 4.74. The average Bonchev–Trinajstić information content (AvgIpc) is 2.76. The molecule has 2 amide bonds. The highest BCUT2D eigenvalue weighted by molar-refractivity contribution is 6.30. The summed E-state index contributed by atoms with van der Waals surface area (Å²) in [5.41, 5.74) is 1.83. The summed E-state index contributed by atoms with van der Waals surface area (Å²) in [4.78, 5) is 27.9. The highest BCUT2D eigenvalue weighted by atomic mass is 35.5. The maximum Gasteiger partial charge on any atom is 0.225 e. The van der Waals surface area contributed by atoms with E-state index < -0.39 is 0 Å². The summed E-state index contributed by atoms with van der Waals surface area (Å²) in [6.07, 6.45) is 2.78. The van der Waals surface area contributed by atoms with Crippen molar-refractivity contribution in [2.24, 2.45) is 5.92 Å². The molecule has 0 aliphatic carbocycles. The molecule has 30 heavy (non-hydrogen) atoms. The zero-order valence-corrected chi connectivity index (χ0v) is 18.3. The quantitative estimate of drug-likeness (QED) is 0.660. The lowest BCUT2D eigenvalue weighted by Gasteiger charge is -2.41. The van der Waals surface area contributed by atoms with Gasteiger partial charge in [-0.05, 0) is 36.6 Å². The highest BCUT2D eigenvalue weighted by Gasteiger charge is 2.41. The summed E-state index contributed by atoms with van der Waals surface area (Å²) >= 11 is 6.06. The highest BCUT2D eigenvalue weighted by Crippen LogP contribution is 2.40. The Labute approximate surface area is 183 Å². The summed E-state index contributed by atoms with van der Waals surface area (Å²) in [5, 5.41) is 3.69. The van der Waals surface area contributed by atoms with Crippen LogP contribution >= 0.6 is 11.6 Å². The Morgan fingerprint density at radius 3 is 2.77 bits per heavy atom. The van der Waals surface area contributed by atoms with Gasteiger partial charge >= 0.3 is 0 Å². The van der Waals surface area contributed by atoms with Gasteiger partial charge in [-0.2, -0.15) is 0 Å². The van der Waals surface area contributed by atoms with Crippen molar-refractivity contribution in [3.05, 3.63) is 64.7 Å². The van der Waals surface area contributed by atoms with E-state index in [-0.39, 0.29) is 23.8 Å². The molecule has 0 spiro atoms. The number of piperidine rings is 1. The van der Waals surface area contributed by atoms with E-state index in [1.54, 1.807) is 7.11 Å². The van der Waals surface area contributed by atoms with E-state index in [0.29, 0.717) is 36.7 Å². The topological polar surface area (TPSA) is 58.6 Å². The standard InChI is InChI=1S/C24H29ClN2O3/c1-3-4-14-27-22(28)13-12-20(23(27)19-10-5-6-11-21(19)30-2)24(29)26-16-17-8-7-9-18(25)15-17/h5-11,15,20,23H,3-4,12-14,16H2,1-2H3,(H,26,29)/t20-,23+/m0/s1. The van der Waals surface area contributed by atoms with E-state index in [0.717, 1.165) is 24.0 Å². The van der Waals surface area contributed by atoms with E-state index in [4.69, 9.17) is 16.3 Å². The third-order valence-corrected chi connectivity index (χ3v) is 5.84. The largest absolute Gasteiger partial charge is 0.496 e. The first-order valence-electron chi connectivity index (χ1n) is 10.5. The van der Waals surface area contributed by atoms with Gasteiger partial charge in [0.15, 0.2) is 0 Å². The van der Waals surface area contributed by atoms with Crippen LogP contribution in [0.4, 0.5) is 0 Å². The molecule has 0 saturated carbocycles. The third-order valence-electron chi connectivity index (χ3n) is 5.61. The summed E-state index contributed by atoms with van der Waals surface area (Å²) in [7, 11) is 1.62. The SMILES string of the molecule is CCCCN1C(=O)CC[C@H](C(=O)NCc2cccc(Cl)c2)[C@H]1c1ccccc1OC. The lowest BCUT2D eigenvalue weighted by atomic mass is 9.83. The van der Waals surface area contributed by atoms with Crippen LogP contribution < -0.4 is 10.1 Å². The number of nitrogens with one attached hydrogen (secondary N) is 1. The summed E-state index contributed by atoms with van der Waals surface area (Å²) in [5.74, 6) is 0.402. The molecule has 0 unspecified atom stereocenters. The average molecular weight is 429 g/mol. The first kappa shape index (κ1) is 22.2. The lowest BCUT2D eigenvalue weighted by molar-refractivity contribution is -0.143. The monoisotopic (exact) mass is 428 g/mol. The van der Waals surface area contributed by atoms with Gasteiger partial charge in [0.05, 0.1) is 19.1 Å². The number of methoxy groups -OCH3 is 1. The molecular formula is C24H29ClN2O3. The fourth-order valence-corrected chi connectivity index (χ4v) is 4.30. The van der Waals surface area contributed by atoms with Gasteiger partial charge in [0.25, 0.3) is 0 Å². The maximum absolute atomic E-state index is 13.2. The number of halogens is 1. The normalized spacial score (nSPS) is 18.9. The molecule has 1 N–H and O–H groups in total. The molecule has 2 aromatic carbocycles. The number of rotatable bonds is 8. The van der Waals surface area contributed by atoms with Crippen LogP contribution in [0.1, 0.15) is 49.8 Å². The Morgan fingerprint density at radius 1 is 1.23 bits per heavy atom. The van der Waals surface area contributed by atoms with E-state index in [2.05, 4.69) is 12.2 Å². The minimum Gasteiger partial charge on any atom is -0.496 e. The van der Waals surface area contributed by atoms with Crippen LogP contribution in [0.2, 0.25) is 5.02 Å². The Morgan fingerprint density at radius 2 is 2.03 bits per heavy atom. The van der Waals surface area contributed by atoms with E-state index in [9.17, 15) is 9.59 Å². The molecule has 1 fully saturated rings. The number of hydrogen-bond donors (Lipinski definition) is 1. The Hall–Kier alpha value is -2.53. The fourth-order valence-electron chi connectivity index (χ4n) is 4.08. The number of hydrogen-bond acceptors (Lipinski definition) is 3. The van der Waals surface area contributed by atoms with Crippen molar-refractivity contribution in [1.82, 2.24) is 10.2 Å². The molecule has 2 aromatic rings. The van der Waals surface area contributed by atoms with Crippen LogP contribution in [0, 0.1) is 5.92 Å². The van der Waals surface area contributed by atoms with E-state index in [1.807, 2.05) is 53.4 Å². The van der Waals surface area contributed by atoms with Gasteiger partial charge in [0.1, 0.15) is 5.75 Å². The number of benzene rings is 2. The molecule has 1 heterocycles. The van der Waals surface area contributed by atoms with Crippen LogP contribution in [-0.2, 0) is 16.1 Å². The first-order valence-corrected chi connectivity index (χ1v) is 10.9. The molecular weight excluding hydrogens is 400 g/mol. The van der Waals surface area contributed by atoms with Crippen LogP contribution in [0.5, 0.6) is 5.75 Å². The number of para-hydroxylation sites is 1. The van der Waals surface area contributed by atoms with Gasteiger partial charge < -0.3 is 15.0 Å². The van der Waals surface area contributed by atoms with E-state index >= 15 is 0 Å². The maximum atomic E-state index is 13.2. The second-order valence-corrected chi connectivity index (χ2v) is 8.06. The van der Waals surface area contributed by atoms with Crippen molar-refractivity contribution in [2.75, 3.05) is 13.7 Å². The molecule has 2 atom stereocenters. The van der Waals surface area contributed by atoms with Gasteiger partial charge in [-0.25, -0.2) is 0 Å². The number of carbonyl (C=O) groups is 2. The van der Waals surface area contributed by atoms with Gasteiger partial charge in [-0.1, -0.05) is 55.3 Å². The minimum absolute atomic E-state index is 0.0557. The zero-order valence-electron chi connectivity index (χ0n) is 17.6. The van der Waals surface area contributed by atoms with Crippen molar-refractivity contribution in [3.8, 4) is 5.75 Å². The Bertz CT molecular complexity index is 886. The van der Waals surface area contributed by atoms with Gasteiger partial charge in [0.2, 0.25) is 11.8 Å². The molecule has 6 heteroatoms. The van der Waals surface area contributed by atoms with Crippen molar-refractivity contribution >= 4 is 23.4 Å². The molecule has 3 rings (SSSR count). The van der Waals surface area contributed by atoms with Crippen LogP contribution in [-0.4, -0.2) is 30.4 Å². The van der Waals surface area contributed by atoms with Gasteiger partial charge in [-0.3, -0.25) is 9.59 Å². The lowest BCUT2D eigenvalue weighted by Crippen LogP contribution is -2.48. The van der Waals surface area contributed by atoms with Crippen LogP contribution in [0.3, 0.4) is 0 Å². The van der Waals surface area contributed by atoms with E-state index in [1.165, 1.54) is 0 Å². The number of amides is 2.